The Balaban J connectivity index is 1.76. The van der Waals surface area contributed by atoms with Gasteiger partial charge in [0.25, 0.3) is 0 Å². The van der Waals surface area contributed by atoms with Gasteiger partial charge in [-0.1, -0.05) is 32.1 Å². The summed E-state index contributed by atoms with van der Waals surface area (Å²) in [4.78, 5) is 2.52. The van der Waals surface area contributed by atoms with Crippen molar-refractivity contribution >= 4 is 0 Å². The van der Waals surface area contributed by atoms with Crippen molar-refractivity contribution < 1.29 is 0 Å². The maximum atomic E-state index is 4.14. The molecule has 0 amide bonds. The average molecular weight is 247 g/mol. The second kappa shape index (κ2) is 6.45. The summed E-state index contributed by atoms with van der Waals surface area (Å²) in [7, 11) is 0. The Morgan fingerprint density at radius 1 is 1.39 bits per heavy atom. The topological polar surface area (TPSA) is 3.24 Å². The van der Waals surface area contributed by atoms with Crippen LogP contribution in [0.15, 0.2) is 24.4 Å². The second-order valence-corrected chi connectivity index (χ2v) is 6.24. The molecule has 1 fully saturated rings. The molecule has 2 rings (SSSR count). The molecule has 0 N–H and O–H groups in total. The van der Waals surface area contributed by atoms with Gasteiger partial charge < -0.3 is 4.90 Å². The lowest BCUT2D eigenvalue weighted by molar-refractivity contribution is 0.301. The van der Waals surface area contributed by atoms with Crippen molar-refractivity contribution in [3.63, 3.8) is 0 Å². The highest BCUT2D eigenvalue weighted by molar-refractivity contribution is 5.01. The van der Waals surface area contributed by atoms with E-state index in [0.29, 0.717) is 0 Å². The van der Waals surface area contributed by atoms with Crippen LogP contribution >= 0.6 is 0 Å². The zero-order valence-corrected chi connectivity index (χ0v) is 12.2. The lowest BCUT2D eigenvalue weighted by atomic mass is 9.89. The molecule has 1 nitrogen and oxygen atoms in total. The highest BCUT2D eigenvalue weighted by Gasteiger charge is 2.42. The Hall–Kier alpha value is -0.720. The minimum Gasteiger partial charge on any atom is -0.375 e. The van der Waals surface area contributed by atoms with E-state index in [4.69, 9.17) is 0 Å². The maximum absolute atomic E-state index is 4.14. The Morgan fingerprint density at radius 2 is 2.22 bits per heavy atom. The van der Waals surface area contributed by atoms with E-state index >= 15 is 0 Å². The molecule has 0 spiro atoms. The molecule has 1 saturated carbocycles. The van der Waals surface area contributed by atoms with Crippen LogP contribution in [0.4, 0.5) is 0 Å². The first-order valence-electron chi connectivity index (χ1n) is 7.77. The summed E-state index contributed by atoms with van der Waals surface area (Å²) in [5.74, 6) is 2.95. The van der Waals surface area contributed by atoms with Crippen molar-refractivity contribution in [3.8, 4) is 0 Å². The van der Waals surface area contributed by atoms with Gasteiger partial charge in [0.1, 0.15) is 0 Å². The van der Waals surface area contributed by atoms with Crippen LogP contribution in [-0.2, 0) is 0 Å². The quantitative estimate of drug-likeness (QED) is 0.594. The van der Waals surface area contributed by atoms with Crippen LogP contribution in [0.1, 0.15) is 52.4 Å². The van der Waals surface area contributed by atoms with Crippen molar-refractivity contribution in [2.24, 2.45) is 17.8 Å². The minimum atomic E-state index is 0.954. The van der Waals surface area contributed by atoms with Gasteiger partial charge in [0.2, 0.25) is 0 Å². The number of rotatable bonds is 7. The summed E-state index contributed by atoms with van der Waals surface area (Å²) in [6, 6.07) is 0. The summed E-state index contributed by atoms with van der Waals surface area (Å²) in [5.41, 5.74) is 1.26. The van der Waals surface area contributed by atoms with E-state index in [2.05, 4.69) is 37.5 Å². The predicted octanol–water partition coefficient (Wildman–Crippen LogP) is 4.61. The Labute approximate surface area is 113 Å². The van der Waals surface area contributed by atoms with Crippen LogP contribution in [0, 0.1) is 17.8 Å². The van der Waals surface area contributed by atoms with E-state index in [-0.39, 0.29) is 0 Å². The van der Waals surface area contributed by atoms with Gasteiger partial charge in [-0.15, -0.1) is 0 Å². The third-order valence-corrected chi connectivity index (χ3v) is 4.67. The number of hydrogen-bond donors (Lipinski definition) is 0. The maximum Gasteiger partial charge on any atom is 0.0205 e. The van der Waals surface area contributed by atoms with E-state index in [1.165, 1.54) is 57.3 Å². The van der Waals surface area contributed by atoms with Gasteiger partial charge in [0, 0.05) is 18.8 Å². The van der Waals surface area contributed by atoms with Gasteiger partial charge in [-0.25, -0.2) is 0 Å². The average Bonchev–Trinajstić information content (AvgIpc) is 3.14. The first-order valence-corrected chi connectivity index (χ1v) is 7.77. The molecule has 3 unspecified atom stereocenters. The van der Waals surface area contributed by atoms with Crippen LogP contribution < -0.4 is 0 Å². The third-order valence-electron chi connectivity index (χ3n) is 4.67. The summed E-state index contributed by atoms with van der Waals surface area (Å²) in [6.45, 7) is 11.0. The molecular formula is C17H29N. The fourth-order valence-corrected chi connectivity index (χ4v) is 3.33. The molecule has 0 radical (unpaired) electrons. The van der Waals surface area contributed by atoms with Crippen molar-refractivity contribution in [3.05, 3.63) is 24.4 Å². The SMILES string of the molecule is C=C(C)N(CCCC)CC1CC1C1CC=CCC1. The van der Waals surface area contributed by atoms with Crippen molar-refractivity contribution in [2.45, 2.75) is 52.4 Å². The molecule has 0 aromatic rings. The molecule has 0 bridgehead atoms. The largest absolute Gasteiger partial charge is 0.375 e. The minimum absolute atomic E-state index is 0.954. The second-order valence-electron chi connectivity index (χ2n) is 6.24. The normalized spacial score (nSPS) is 30.2. The molecule has 1 heteroatoms. The van der Waals surface area contributed by atoms with Crippen LogP contribution in [0.5, 0.6) is 0 Å². The monoisotopic (exact) mass is 247 g/mol. The third kappa shape index (κ3) is 3.63. The first kappa shape index (κ1) is 13.7. The summed E-state index contributed by atoms with van der Waals surface area (Å²) in [6.07, 6.45) is 12.9. The standard InChI is InChI=1S/C17H29N/c1-4-5-11-18(14(2)3)13-16-12-17(16)15-9-7-6-8-10-15/h6-7,15-17H,2,4-5,8-13H2,1,3H3. The van der Waals surface area contributed by atoms with Crippen LogP contribution in [0.25, 0.3) is 0 Å². The van der Waals surface area contributed by atoms with E-state index in [0.717, 1.165) is 17.8 Å². The molecular weight excluding hydrogens is 218 g/mol. The molecule has 0 saturated heterocycles. The zero-order chi connectivity index (χ0) is 13.0. The highest BCUT2D eigenvalue weighted by atomic mass is 15.1. The van der Waals surface area contributed by atoms with Crippen molar-refractivity contribution in [1.29, 1.82) is 0 Å². The lowest BCUT2D eigenvalue weighted by Gasteiger charge is -2.26. The summed E-state index contributed by atoms with van der Waals surface area (Å²) in [5, 5.41) is 0. The fourth-order valence-electron chi connectivity index (χ4n) is 3.33. The van der Waals surface area contributed by atoms with Gasteiger partial charge >= 0.3 is 0 Å². The van der Waals surface area contributed by atoms with E-state index in [1.807, 2.05) is 0 Å². The van der Waals surface area contributed by atoms with Crippen LogP contribution in [0.2, 0.25) is 0 Å². The molecule has 2 aliphatic rings. The van der Waals surface area contributed by atoms with Crippen molar-refractivity contribution in [1.82, 2.24) is 4.90 Å². The lowest BCUT2D eigenvalue weighted by Crippen LogP contribution is -2.26. The van der Waals surface area contributed by atoms with Crippen LogP contribution in [-0.4, -0.2) is 18.0 Å². The van der Waals surface area contributed by atoms with Gasteiger partial charge in [0.15, 0.2) is 0 Å². The first-order chi connectivity index (χ1) is 8.72. The molecule has 0 aromatic heterocycles. The number of nitrogens with zero attached hydrogens (tertiary/aromatic N) is 1. The Kier molecular flexibility index (Phi) is 4.91. The number of allylic oxidation sites excluding steroid dienone is 3. The molecule has 3 atom stereocenters. The molecule has 2 aliphatic carbocycles. The van der Waals surface area contributed by atoms with E-state index in [1.54, 1.807) is 0 Å². The Morgan fingerprint density at radius 3 is 2.83 bits per heavy atom. The molecule has 0 aromatic carbocycles. The van der Waals surface area contributed by atoms with Gasteiger partial charge in [-0.05, 0) is 56.8 Å². The van der Waals surface area contributed by atoms with Crippen molar-refractivity contribution in [2.75, 3.05) is 13.1 Å². The molecule has 102 valence electrons. The summed E-state index contributed by atoms with van der Waals surface area (Å²) < 4.78 is 0. The number of unbranched alkanes of at least 4 members (excludes halogenated alkanes) is 1. The van der Waals surface area contributed by atoms with Crippen LogP contribution in [0.3, 0.4) is 0 Å². The molecule has 0 heterocycles. The fraction of sp³-hybridized carbons (Fsp3) is 0.765. The predicted molar refractivity (Wildman–Crippen MR) is 79.4 cm³/mol. The van der Waals surface area contributed by atoms with Gasteiger partial charge in [0.05, 0.1) is 0 Å². The van der Waals surface area contributed by atoms with Gasteiger partial charge in [-0.3, -0.25) is 0 Å². The number of hydrogen-bond acceptors (Lipinski definition) is 1. The summed E-state index contributed by atoms with van der Waals surface area (Å²) >= 11 is 0. The Bertz CT molecular complexity index is 305. The van der Waals surface area contributed by atoms with E-state index in [9.17, 15) is 0 Å². The van der Waals surface area contributed by atoms with Gasteiger partial charge in [-0.2, -0.15) is 0 Å². The highest BCUT2D eigenvalue weighted by Crippen LogP contribution is 2.48. The smallest absolute Gasteiger partial charge is 0.0205 e. The molecule has 18 heavy (non-hydrogen) atoms. The zero-order valence-electron chi connectivity index (χ0n) is 12.2. The molecule has 0 aliphatic heterocycles. The van der Waals surface area contributed by atoms with E-state index < -0.39 is 0 Å².